The molecule has 6 heteroatoms. The van der Waals surface area contributed by atoms with Crippen molar-refractivity contribution in [3.63, 3.8) is 0 Å². The predicted molar refractivity (Wildman–Crippen MR) is 102 cm³/mol. The Bertz CT molecular complexity index is 915. The first kappa shape index (κ1) is 19.0. The van der Waals surface area contributed by atoms with Gasteiger partial charge in [0, 0.05) is 0 Å². The number of esters is 2. The van der Waals surface area contributed by atoms with Crippen LogP contribution in [0.2, 0.25) is 0 Å². The summed E-state index contributed by atoms with van der Waals surface area (Å²) in [7, 11) is 2.93. The Morgan fingerprint density at radius 3 is 1.21 bits per heavy atom. The fourth-order valence-electron chi connectivity index (χ4n) is 2.56. The van der Waals surface area contributed by atoms with Gasteiger partial charge in [-0.15, -0.1) is 0 Å². The number of para-hydroxylation sites is 4. The first-order chi connectivity index (χ1) is 13.6. The van der Waals surface area contributed by atoms with Crippen molar-refractivity contribution in [3.05, 3.63) is 83.9 Å². The maximum atomic E-state index is 12.5. The monoisotopic (exact) mass is 378 g/mol. The summed E-state index contributed by atoms with van der Waals surface area (Å²) in [5.74, 6) is -0.258. The highest BCUT2D eigenvalue weighted by Crippen LogP contribution is 2.30. The quantitative estimate of drug-likeness (QED) is 0.474. The van der Waals surface area contributed by atoms with Crippen LogP contribution in [0.25, 0.3) is 0 Å². The number of methoxy groups -OCH3 is 2. The largest absolute Gasteiger partial charge is 0.496 e. The van der Waals surface area contributed by atoms with E-state index in [1.807, 2.05) is 0 Å². The van der Waals surface area contributed by atoms with Gasteiger partial charge < -0.3 is 18.9 Å². The lowest BCUT2D eigenvalue weighted by molar-refractivity contribution is 0.0678. The number of carbonyl (C=O) groups excluding carboxylic acids is 2. The first-order valence-electron chi connectivity index (χ1n) is 8.43. The molecule has 0 atom stereocenters. The van der Waals surface area contributed by atoms with Gasteiger partial charge in [0.05, 0.1) is 14.2 Å². The molecule has 0 aliphatic carbocycles. The molecule has 3 rings (SSSR count). The summed E-state index contributed by atoms with van der Waals surface area (Å²) in [6.07, 6.45) is 0. The smallest absolute Gasteiger partial charge is 0.347 e. The zero-order valence-corrected chi connectivity index (χ0v) is 15.4. The van der Waals surface area contributed by atoms with E-state index < -0.39 is 11.9 Å². The van der Waals surface area contributed by atoms with Crippen molar-refractivity contribution in [2.24, 2.45) is 0 Å². The zero-order chi connectivity index (χ0) is 19.9. The molecule has 0 spiro atoms. The van der Waals surface area contributed by atoms with E-state index in [0.29, 0.717) is 11.5 Å². The van der Waals surface area contributed by atoms with Gasteiger partial charge in [-0.25, -0.2) is 9.59 Å². The molecule has 0 saturated heterocycles. The molecule has 0 unspecified atom stereocenters. The Balaban J connectivity index is 1.83. The molecule has 28 heavy (non-hydrogen) atoms. The van der Waals surface area contributed by atoms with E-state index in [-0.39, 0.29) is 22.6 Å². The van der Waals surface area contributed by atoms with Crippen LogP contribution in [0.3, 0.4) is 0 Å². The van der Waals surface area contributed by atoms with Gasteiger partial charge in [0.1, 0.15) is 22.6 Å². The number of hydrogen-bond donors (Lipinski definition) is 0. The van der Waals surface area contributed by atoms with Crippen LogP contribution in [0.15, 0.2) is 72.8 Å². The Kier molecular flexibility index (Phi) is 5.91. The standard InChI is InChI=1S/C22H18O6/c1-25-17-11-5-3-9-15(17)21(23)27-19-13-7-8-14-20(19)28-22(24)16-10-4-6-12-18(16)26-2/h3-14H,1-2H3. The number of ether oxygens (including phenoxy) is 4. The predicted octanol–water partition coefficient (Wildman–Crippen LogP) is 4.14. The number of carbonyl (C=O) groups is 2. The third-order valence-corrected chi connectivity index (χ3v) is 3.91. The molecule has 3 aromatic rings. The van der Waals surface area contributed by atoms with Crippen LogP contribution in [-0.4, -0.2) is 26.2 Å². The highest BCUT2D eigenvalue weighted by molar-refractivity contribution is 5.96. The van der Waals surface area contributed by atoms with Gasteiger partial charge in [0.2, 0.25) is 0 Å². The van der Waals surface area contributed by atoms with Crippen molar-refractivity contribution >= 4 is 11.9 Å². The lowest BCUT2D eigenvalue weighted by Gasteiger charge is -2.12. The molecule has 0 bridgehead atoms. The summed E-state index contributed by atoms with van der Waals surface area (Å²) in [4.78, 5) is 25.1. The van der Waals surface area contributed by atoms with Gasteiger partial charge in [-0.2, -0.15) is 0 Å². The van der Waals surface area contributed by atoms with Crippen molar-refractivity contribution in [3.8, 4) is 23.0 Å². The molecule has 0 saturated carbocycles. The van der Waals surface area contributed by atoms with Crippen molar-refractivity contribution in [1.82, 2.24) is 0 Å². The minimum absolute atomic E-state index is 0.113. The molecule has 0 amide bonds. The molecule has 0 aliphatic rings. The Morgan fingerprint density at radius 2 is 0.857 bits per heavy atom. The van der Waals surface area contributed by atoms with Crippen LogP contribution in [0.4, 0.5) is 0 Å². The van der Waals surface area contributed by atoms with E-state index >= 15 is 0 Å². The minimum Gasteiger partial charge on any atom is -0.496 e. The summed E-state index contributed by atoms with van der Waals surface area (Å²) < 4.78 is 21.2. The van der Waals surface area contributed by atoms with E-state index in [2.05, 4.69) is 0 Å². The number of hydrogen-bond acceptors (Lipinski definition) is 6. The molecular formula is C22H18O6. The summed E-state index contributed by atoms with van der Waals surface area (Å²) in [5.41, 5.74) is 0.520. The Hall–Kier alpha value is -3.80. The summed E-state index contributed by atoms with van der Waals surface area (Å²) in [6, 6.07) is 19.8. The van der Waals surface area contributed by atoms with Crippen LogP contribution >= 0.6 is 0 Å². The second-order valence-electron chi connectivity index (χ2n) is 5.63. The van der Waals surface area contributed by atoms with Crippen LogP contribution in [0.5, 0.6) is 23.0 Å². The van der Waals surface area contributed by atoms with Gasteiger partial charge in [-0.1, -0.05) is 36.4 Å². The normalized spacial score (nSPS) is 10.1. The van der Waals surface area contributed by atoms with Gasteiger partial charge in [-0.3, -0.25) is 0 Å². The van der Waals surface area contributed by atoms with Gasteiger partial charge in [0.15, 0.2) is 11.5 Å². The van der Waals surface area contributed by atoms with Crippen LogP contribution in [0.1, 0.15) is 20.7 Å². The molecule has 6 nitrogen and oxygen atoms in total. The molecular weight excluding hydrogens is 360 g/mol. The van der Waals surface area contributed by atoms with Crippen molar-refractivity contribution in [2.75, 3.05) is 14.2 Å². The molecule has 142 valence electrons. The number of benzene rings is 3. The van der Waals surface area contributed by atoms with Gasteiger partial charge >= 0.3 is 11.9 Å². The molecule has 3 aromatic carbocycles. The van der Waals surface area contributed by atoms with Crippen LogP contribution in [-0.2, 0) is 0 Å². The van der Waals surface area contributed by atoms with Crippen LogP contribution in [0, 0.1) is 0 Å². The molecule has 0 N–H and O–H groups in total. The maximum absolute atomic E-state index is 12.5. The highest BCUT2D eigenvalue weighted by atomic mass is 16.6. The summed E-state index contributed by atoms with van der Waals surface area (Å²) in [6.45, 7) is 0. The molecule has 0 heterocycles. The maximum Gasteiger partial charge on any atom is 0.347 e. The van der Waals surface area contributed by atoms with Crippen molar-refractivity contribution in [1.29, 1.82) is 0 Å². The van der Waals surface area contributed by atoms with Gasteiger partial charge in [-0.05, 0) is 36.4 Å². The fourth-order valence-corrected chi connectivity index (χ4v) is 2.56. The SMILES string of the molecule is COc1ccccc1C(=O)Oc1ccccc1OC(=O)c1ccccc1OC. The first-order valence-corrected chi connectivity index (χ1v) is 8.43. The van der Waals surface area contributed by atoms with Crippen molar-refractivity contribution < 1.29 is 28.5 Å². The zero-order valence-electron chi connectivity index (χ0n) is 15.4. The molecule has 0 fully saturated rings. The summed E-state index contributed by atoms with van der Waals surface area (Å²) >= 11 is 0. The lowest BCUT2D eigenvalue weighted by atomic mass is 10.2. The molecule has 0 radical (unpaired) electrons. The number of rotatable bonds is 6. The fraction of sp³-hybridized carbons (Fsp3) is 0.0909. The second kappa shape index (κ2) is 8.73. The van der Waals surface area contributed by atoms with E-state index in [1.54, 1.807) is 60.7 Å². The topological polar surface area (TPSA) is 71.1 Å². The average molecular weight is 378 g/mol. The summed E-state index contributed by atoms with van der Waals surface area (Å²) in [5, 5.41) is 0. The van der Waals surface area contributed by atoms with Crippen LogP contribution < -0.4 is 18.9 Å². The van der Waals surface area contributed by atoms with E-state index in [1.165, 1.54) is 26.4 Å². The third-order valence-electron chi connectivity index (χ3n) is 3.91. The van der Waals surface area contributed by atoms with E-state index in [0.717, 1.165) is 0 Å². The minimum atomic E-state index is -0.627. The molecule has 0 aromatic heterocycles. The van der Waals surface area contributed by atoms with E-state index in [4.69, 9.17) is 18.9 Å². The van der Waals surface area contributed by atoms with Gasteiger partial charge in [0.25, 0.3) is 0 Å². The molecule has 0 aliphatic heterocycles. The lowest BCUT2D eigenvalue weighted by Crippen LogP contribution is -2.13. The van der Waals surface area contributed by atoms with Crippen molar-refractivity contribution in [2.45, 2.75) is 0 Å². The highest BCUT2D eigenvalue weighted by Gasteiger charge is 2.19. The Labute approximate surface area is 162 Å². The third kappa shape index (κ3) is 4.12. The Morgan fingerprint density at radius 1 is 0.536 bits per heavy atom. The second-order valence-corrected chi connectivity index (χ2v) is 5.63. The average Bonchev–Trinajstić information content (AvgIpc) is 2.74. The van der Waals surface area contributed by atoms with E-state index in [9.17, 15) is 9.59 Å².